The molecular weight excluding hydrogens is 202 g/mol. The van der Waals surface area contributed by atoms with Gasteiger partial charge in [-0.3, -0.25) is 4.79 Å². The van der Waals surface area contributed by atoms with E-state index in [1.54, 1.807) is 0 Å². The van der Waals surface area contributed by atoms with E-state index in [2.05, 4.69) is 22.9 Å². The van der Waals surface area contributed by atoms with Crippen LogP contribution in [0.25, 0.3) is 0 Å². The van der Waals surface area contributed by atoms with Crippen molar-refractivity contribution in [2.45, 2.75) is 58.0 Å². The van der Waals surface area contributed by atoms with Crippen molar-refractivity contribution in [3.8, 4) is 0 Å². The number of hydrogen-bond donors (Lipinski definition) is 3. The first-order valence-corrected chi connectivity index (χ1v) is 6.47. The van der Waals surface area contributed by atoms with Gasteiger partial charge in [0.2, 0.25) is 5.91 Å². The highest BCUT2D eigenvalue weighted by molar-refractivity contribution is 5.75. The van der Waals surface area contributed by atoms with E-state index in [-0.39, 0.29) is 5.91 Å². The van der Waals surface area contributed by atoms with Crippen LogP contribution in [0.4, 0.5) is 0 Å². The molecule has 1 amide bonds. The summed E-state index contributed by atoms with van der Waals surface area (Å²) in [5.41, 5.74) is 0. The van der Waals surface area contributed by atoms with Gasteiger partial charge in [0.05, 0.1) is 0 Å². The molecule has 1 rings (SSSR count). The van der Waals surface area contributed by atoms with E-state index in [9.17, 15) is 4.79 Å². The Hall–Kier alpha value is -0.610. The predicted octanol–water partition coefficient (Wildman–Crippen LogP) is 0.980. The third-order valence-electron chi connectivity index (χ3n) is 3.18. The molecule has 0 aromatic carbocycles. The number of unbranched alkanes of at least 4 members (excludes halogenated alkanes) is 2. The largest absolute Gasteiger partial charge is 0.356 e. The molecule has 4 nitrogen and oxygen atoms in total. The predicted molar refractivity (Wildman–Crippen MR) is 66.2 cm³/mol. The van der Waals surface area contributed by atoms with E-state index in [4.69, 9.17) is 0 Å². The Morgan fingerprint density at radius 2 is 2.12 bits per heavy atom. The summed E-state index contributed by atoms with van der Waals surface area (Å²) >= 11 is 0. The minimum atomic E-state index is 0.191. The molecule has 1 heterocycles. The fourth-order valence-electron chi connectivity index (χ4n) is 2.13. The second-order valence-corrected chi connectivity index (χ2v) is 4.53. The first kappa shape index (κ1) is 13.5. The summed E-state index contributed by atoms with van der Waals surface area (Å²) in [6.07, 6.45) is 5.27. The zero-order chi connectivity index (χ0) is 11.8. The van der Waals surface area contributed by atoms with Crippen molar-refractivity contribution >= 4 is 5.91 Å². The lowest BCUT2D eigenvalue weighted by molar-refractivity contribution is -0.121. The number of amides is 1. The third kappa shape index (κ3) is 4.94. The standard InChI is InChI=1S/C12H25N3O/c1-3-13-12(16)8-6-4-5-7-11-10(2)14-9-15-11/h10-11,14-15H,3-9H2,1-2H3,(H,13,16)/t10-,11+/m0/s1. The minimum absolute atomic E-state index is 0.191. The monoisotopic (exact) mass is 227 g/mol. The van der Waals surface area contributed by atoms with Crippen LogP contribution in [0.2, 0.25) is 0 Å². The van der Waals surface area contributed by atoms with Gasteiger partial charge in [-0.25, -0.2) is 0 Å². The molecule has 0 bridgehead atoms. The Labute approximate surface area is 98.6 Å². The normalized spacial score (nSPS) is 24.6. The van der Waals surface area contributed by atoms with Gasteiger partial charge < -0.3 is 16.0 Å². The van der Waals surface area contributed by atoms with Gasteiger partial charge in [0.25, 0.3) is 0 Å². The second-order valence-electron chi connectivity index (χ2n) is 4.53. The van der Waals surface area contributed by atoms with Crippen LogP contribution in [0.1, 0.15) is 46.0 Å². The molecule has 1 fully saturated rings. The molecule has 16 heavy (non-hydrogen) atoms. The maximum absolute atomic E-state index is 11.2. The van der Waals surface area contributed by atoms with Crippen LogP contribution >= 0.6 is 0 Å². The maximum atomic E-state index is 11.2. The van der Waals surface area contributed by atoms with Crippen molar-refractivity contribution in [2.24, 2.45) is 0 Å². The number of hydrogen-bond acceptors (Lipinski definition) is 3. The smallest absolute Gasteiger partial charge is 0.219 e. The summed E-state index contributed by atoms with van der Waals surface area (Å²) in [4.78, 5) is 11.2. The molecule has 0 aliphatic carbocycles. The Morgan fingerprint density at radius 1 is 1.31 bits per heavy atom. The number of nitrogens with one attached hydrogen (secondary N) is 3. The van der Waals surface area contributed by atoms with Gasteiger partial charge in [-0.2, -0.15) is 0 Å². The zero-order valence-corrected chi connectivity index (χ0v) is 10.5. The van der Waals surface area contributed by atoms with Crippen molar-refractivity contribution in [1.82, 2.24) is 16.0 Å². The van der Waals surface area contributed by atoms with Crippen LogP contribution in [0, 0.1) is 0 Å². The molecule has 0 aromatic heterocycles. The summed E-state index contributed by atoms with van der Waals surface area (Å²) in [5, 5.41) is 9.63. The first-order chi connectivity index (χ1) is 7.74. The molecule has 2 atom stereocenters. The second kappa shape index (κ2) is 7.63. The highest BCUT2D eigenvalue weighted by Crippen LogP contribution is 2.10. The van der Waals surface area contributed by atoms with Gasteiger partial charge in [-0.1, -0.05) is 12.8 Å². The van der Waals surface area contributed by atoms with Crippen molar-refractivity contribution in [3.05, 3.63) is 0 Å². The quantitative estimate of drug-likeness (QED) is 0.568. The van der Waals surface area contributed by atoms with E-state index in [1.165, 1.54) is 12.8 Å². The molecule has 1 aliphatic rings. The molecule has 1 aliphatic heterocycles. The van der Waals surface area contributed by atoms with Crippen molar-refractivity contribution < 1.29 is 4.79 Å². The topological polar surface area (TPSA) is 53.2 Å². The lowest BCUT2D eigenvalue weighted by atomic mass is 10.0. The van der Waals surface area contributed by atoms with E-state index in [0.29, 0.717) is 18.5 Å². The van der Waals surface area contributed by atoms with Gasteiger partial charge in [0.15, 0.2) is 0 Å². The summed E-state index contributed by atoms with van der Waals surface area (Å²) < 4.78 is 0. The summed E-state index contributed by atoms with van der Waals surface area (Å²) in [7, 11) is 0. The average molecular weight is 227 g/mol. The van der Waals surface area contributed by atoms with Crippen molar-refractivity contribution in [3.63, 3.8) is 0 Å². The van der Waals surface area contributed by atoms with Crippen molar-refractivity contribution in [1.29, 1.82) is 0 Å². The molecule has 0 spiro atoms. The molecular formula is C12H25N3O. The van der Waals surface area contributed by atoms with Gasteiger partial charge in [0, 0.05) is 31.7 Å². The summed E-state index contributed by atoms with van der Waals surface area (Å²) in [6, 6.07) is 1.20. The molecule has 0 unspecified atom stereocenters. The maximum Gasteiger partial charge on any atom is 0.219 e. The molecule has 0 saturated carbocycles. The van der Waals surface area contributed by atoms with Gasteiger partial charge in [-0.05, 0) is 26.7 Å². The minimum Gasteiger partial charge on any atom is -0.356 e. The van der Waals surface area contributed by atoms with E-state index in [1.807, 2.05) is 6.92 Å². The van der Waals surface area contributed by atoms with Crippen LogP contribution in [-0.4, -0.2) is 31.2 Å². The highest BCUT2D eigenvalue weighted by atomic mass is 16.1. The molecule has 4 heteroatoms. The Morgan fingerprint density at radius 3 is 2.75 bits per heavy atom. The Balaban J connectivity index is 1.93. The van der Waals surface area contributed by atoms with E-state index >= 15 is 0 Å². The fourth-order valence-corrected chi connectivity index (χ4v) is 2.13. The SMILES string of the molecule is CCNC(=O)CCCCC[C@H]1NCN[C@H]1C. The number of carbonyl (C=O) groups excluding carboxylic acids is 1. The van der Waals surface area contributed by atoms with E-state index in [0.717, 1.165) is 26.1 Å². The number of rotatable bonds is 7. The van der Waals surface area contributed by atoms with Gasteiger partial charge in [-0.15, -0.1) is 0 Å². The summed E-state index contributed by atoms with van der Waals surface area (Å²) in [5.74, 6) is 0.191. The van der Waals surface area contributed by atoms with Crippen LogP contribution < -0.4 is 16.0 Å². The first-order valence-electron chi connectivity index (χ1n) is 6.47. The van der Waals surface area contributed by atoms with Gasteiger partial charge >= 0.3 is 0 Å². The molecule has 0 aromatic rings. The molecule has 94 valence electrons. The van der Waals surface area contributed by atoms with Crippen LogP contribution in [0.3, 0.4) is 0 Å². The van der Waals surface area contributed by atoms with Gasteiger partial charge in [0.1, 0.15) is 0 Å². The lowest BCUT2D eigenvalue weighted by Crippen LogP contribution is -2.30. The molecule has 3 N–H and O–H groups in total. The summed E-state index contributed by atoms with van der Waals surface area (Å²) in [6.45, 7) is 5.86. The Kier molecular flexibility index (Phi) is 6.42. The molecule has 1 saturated heterocycles. The van der Waals surface area contributed by atoms with Crippen LogP contribution in [0.5, 0.6) is 0 Å². The zero-order valence-electron chi connectivity index (χ0n) is 10.5. The number of carbonyl (C=O) groups is 1. The molecule has 0 radical (unpaired) electrons. The van der Waals surface area contributed by atoms with Crippen molar-refractivity contribution in [2.75, 3.05) is 13.2 Å². The fraction of sp³-hybridized carbons (Fsp3) is 0.917. The lowest BCUT2D eigenvalue weighted by Gasteiger charge is -2.14. The van der Waals surface area contributed by atoms with Crippen LogP contribution in [0.15, 0.2) is 0 Å². The average Bonchev–Trinajstić information content (AvgIpc) is 2.64. The highest BCUT2D eigenvalue weighted by Gasteiger charge is 2.20. The Bertz CT molecular complexity index is 208. The third-order valence-corrected chi connectivity index (χ3v) is 3.18. The van der Waals surface area contributed by atoms with E-state index < -0.39 is 0 Å². The van der Waals surface area contributed by atoms with Crippen LogP contribution in [-0.2, 0) is 4.79 Å².